The van der Waals surface area contributed by atoms with Crippen LogP contribution in [0.15, 0.2) is 42.5 Å². The lowest BCUT2D eigenvalue weighted by molar-refractivity contribution is -0.0493. The number of nitrogens with one attached hydrogen (secondary N) is 1. The molecule has 0 aliphatic carbocycles. The summed E-state index contributed by atoms with van der Waals surface area (Å²) in [5.74, 6) is -3.28. The smallest absolute Gasteiger partial charge is 0.387 e. The number of carbonyl (C=O) groups is 1. The molecule has 2 rings (SSSR count). The van der Waals surface area contributed by atoms with Crippen LogP contribution in [0, 0.1) is 11.6 Å². The maximum atomic E-state index is 13.1. The van der Waals surface area contributed by atoms with Gasteiger partial charge in [0, 0.05) is 5.56 Å². The summed E-state index contributed by atoms with van der Waals surface area (Å²) in [6.07, 6.45) is 0. The topological polar surface area (TPSA) is 38.3 Å². The van der Waals surface area contributed by atoms with Gasteiger partial charge in [0.25, 0.3) is 5.91 Å². The van der Waals surface area contributed by atoms with E-state index in [4.69, 9.17) is 0 Å². The molecule has 110 valence electrons. The van der Waals surface area contributed by atoms with Crippen molar-refractivity contribution in [3.8, 4) is 5.75 Å². The number of anilines is 1. The molecule has 2 aromatic carbocycles. The van der Waals surface area contributed by atoms with E-state index in [1.807, 2.05) is 0 Å². The second-order valence-electron chi connectivity index (χ2n) is 3.96. The molecule has 0 saturated heterocycles. The van der Waals surface area contributed by atoms with Crippen molar-refractivity contribution in [3.63, 3.8) is 0 Å². The highest BCUT2D eigenvalue weighted by Gasteiger charge is 2.14. The van der Waals surface area contributed by atoms with Gasteiger partial charge in [0.2, 0.25) is 0 Å². The van der Waals surface area contributed by atoms with Crippen LogP contribution in [-0.2, 0) is 0 Å². The summed E-state index contributed by atoms with van der Waals surface area (Å²) in [6, 6.07) is 8.12. The zero-order valence-corrected chi connectivity index (χ0v) is 10.4. The summed E-state index contributed by atoms with van der Waals surface area (Å²) in [5.41, 5.74) is -0.159. The number of alkyl halides is 2. The van der Waals surface area contributed by atoms with Crippen molar-refractivity contribution in [1.29, 1.82) is 0 Å². The number of amides is 1. The van der Waals surface area contributed by atoms with Crippen molar-refractivity contribution in [3.05, 3.63) is 59.7 Å². The van der Waals surface area contributed by atoms with Crippen LogP contribution in [0.3, 0.4) is 0 Å². The van der Waals surface area contributed by atoms with E-state index in [0.717, 1.165) is 12.1 Å². The Kier molecular flexibility index (Phi) is 4.42. The van der Waals surface area contributed by atoms with Gasteiger partial charge in [0.1, 0.15) is 5.75 Å². The Bertz CT molecular complexity index is 661. The Morgan fingerprint density at radius 1 is 1.05 bits per heavy atom. The van der Waals surface area contributed by atoms with Crippen molar-refractivity contribution < 1.29 is 27.1 Å². The third kappa shape index (κ3) is 3.71. The Labute approximate surface area is 117 Å². The van der Waals surface area contributed by atoms with Crippen molar-refractivity contribution in [2.75, 3.05) is 5.32 Å². The van der Waals surface area contributed by atoms with Crippen molar-refractivity contribution in [2.24, 2.45) is 0 Å². The maximum Gasteiger partial charge on any atom is 0.387 e. The molecule has 1 N–H and O–H groups in total. The lowest BCUT2D eigenvalue weighted by Gasteiger charge is -2.11. The van der Waals surface area contributed by atoms with E-state index in [1.165, 1.54) is 24.3 Å². The van der Waals surface area contributed by atoms with Crippen molar-refractivity contribution in [1.82, 2.24) is 0 Å². The summed E-state index contributed by atoms with van der Waals surface area (Å²) in [6.45, 7) is -3.05. The number of ether oxygens (including phenoxy) is 1. The average molecular weight is 299 g/mol. The van der Waals surface area contributed by atoms with Crippen LogP contribution in [0.25, 0.3) is 0 Å². The second kappa shape index (κ2) is 6.25. The SMILES string of the molecule is O=C(Nc1ccccc1OC(F)F)c1ccc(F)c(F)c1. The van der Waals surface area contributed by atoms with E-state index in [0.29, 0.717) is 6.07 Å². The lowest BCUT2D eigenvalue weighted by atomic mass is 10.2. The Hall–Kier alpha value is -2.57. The van der Waals surface area contributed by atoms with Crippen LogP contribution in [0.4, 0.5) is 23.2 Å². The van der Waals surface area contributed by atoms with Gasteiger partial charge >= 0.3 is 6.61 Å². The highest BCUT2D eigenvalue weighted by molar-refractivity contribution is 6.05. The van der Waals surface area contributed by atoms with Crippen molar-refractivity contribution in [2.45, 2.75) is 6.61 Å². The predicted molar refractivity (Wildman–Crippen MR) is 67.4 cm³/mol. The summed E-state index contributed by atoms with van der Waals surface area (Å²) < 4.78 is 54.5. The third-order valence-electron chi connectivity index (χ3n) is 2.53. The summed E-state index contributed by atoms with van der Waals surface area (Å²) in [5, 5.41) is 2.29. The van der Waals surface area contributed by atoms with Gasteiger partial charge in [-0.3, -0.25) is 4.79 Å². The molecule has 0 aliphatic heterocycles. The molecule has 0 saturated carbocycles. The minimum Gasteiger partial charge on any atom is -0.433 e. The Morgan fingerprint density at radius 2 is 1.76 bits per heavy atom. The molecule has 0 radical (unpaired) electrons. The normalized spacial score (nSPS) is 10.5. The molecule has 7 heteroatoms. The average Bonchev–Trinajstić information content (AvgIpc) is 2.43. The number of para-hydroxylation sites is 2. The molecule has 0 fully saturated rings. The highest BCUT2D eigenvalue weighted by Crippen LogP contribution is 2.26. The molecule has 2 aromatic rings. The molecule has 21 heavy (non-hydrogen) atoms. The van der Waals surface area contributed by atoms with Crippen LogP contribution in [0.1, 0.15) is 10.4 Å². The van der Waals surface area contributed by atoms with Gasteiger partial charge in [-0.05, 0) is 30.3 Å². The Morgan fingerprint density at radius 3 is 2.43 bits per heavy atom. The molecular weight excluding hydrogens is 290 g/mol. The minimum absolute atomic E-state index is 0.00691. The molecule has 0 aromatic heterocycles. The van der Waals surface area contributed by atoms with Gasteiger partial charge in [-0.1, -0.05) is 12.1 Å². The summed E-state index contributed by atoms with van der Waals surface area (Å²) >= 11 is 0. The van der Waals surface area contributed by atoms with Gasteiger partial charge in [-0.2, -0.15) is 8.78 Å². The molecule has 3 nitrogen and oxygen atoms in total. The molecule has 0 bridgehead atoms. The van der Waals surface area contributed by atoms with Gasteiger partial charge in [0.05, 0.1) is 5.69 Å². The number of halogens is 4. The number of hydrogen-bond donors (Lipinski definition) is 1. The monoisotopic (exact) mass is 299 g/mol. The van der Waals surface area contributed by atoms with Crippen molar-refractivity contribution >= 4 is 11.6 Å². The lowest BCUT2D eigenvalue weighted by Crippen LogP contribution is -2.14. The summed E-state index contributed by atoms with van der Waals surface area (Å²) in [4.78, 5) is 11.9. The molecule has 0 atom stereocenters. The fourth-order valence-corrected chi connectivity index (χ4v) is 1.60. The molecule has 0 heterocycles. The molecular formula is C14H9F4NO2. The first kappa shape index (κ1) is 14.8. The van der Waals surface area contributed by atoms with Crippen LogP contribution >= 0.6 is 0 Å². The Balaban J connectivity index is 2.21. The van der Waals surface area contributed by atoms with Crippen LogP contribution in [-0.4, -0.2) is 12.5 Å². The number of hydrogen-bond acceptors (Lipinski definition) is 2. The van der Waals surface area contributed by atoms with Gasteiger partial charge in [-0.15, -0.1) is 0 Å². The van der Waals surface area contributed by atoms with Gasteiger partial charge in [-0.25, -0.2) is 8.78 Å². The van der Waals surface area contributed by atoms with Crippen LogP contribution in [0.5, 0.6) is 5.75 Å². The zero-order chi connectivity index (χ0) is 15.4. The number of benzene rings is 2. The third-order valence-corrected chi connectivity index (χ3v) is 2.53. The molecule has 0 unspecified atom stereocenters. The standard InChI is InChI=1S/C14H9F4NO2/c15-9-6-5-8(7-10(9)16)13(20)19-11-3-1-2-4-12(11)21-14(17)18/h1-7,14H,(H,19,20). The van der Waals surface area contributed by atoms with E-state index < -0.39 is 24.2 Å². The molecule has 1 amide bonds. The largest absolute Gasteiger partial charge is 0.433 e. The van der Waals surface area contributed by atoms with E-state index in [9.17, 15) is 22.4 Å². The quantitative estimate of drug-likeness (QED) is 0.872. The first-order chi connectivity index (χ1) is 9.97. The molecule has 0 aliphatic rings. The highest BCUT2D eigenvalue weighted by atomic mass is 19.3. The number of carbonyl (C=O) groups excluding carboxylic acids is 1. The van der Waals surface area contributed by atoms with E-state index in [2.05, 4.69) is 10.1 Å². The van der Waals surface area contributed by atoms with Crippen LogP contribution < -0.4 is 10.1 Å². The molecule has 0 spiro atoms. The van der Waals surface area contributed by atoms with Crippen LogP contribution in [0.2, 0.25) is 0 Å². The van der Waals surface area contributed by atoms with E-state index in [-0.39, 0.29) is 17.0 Å². The first-order valence-corrected chi connectivity index (χ1v) is 5.77. The second-order valence-corrected chi connectivity index (χ2v) is 3.96. The first-order valence-electron chi connectivity index (χ1n) is 5.77. The van der Waals surface area contributed by atoms with Gasteiger partial charge in [0.15, 0.2) is 11.6 Å². The summed E-state index contributed by atoms with van der Waals surface area (Å²) in [7, 11) is 0. The maximum absolute atomic E-state index is 13.1. The number of rotatable bonds is 4. The fraction of sp³-hybridized carbons (Fsp3) is 0.0714. The van der Waals surface area contributed by atoms with E-state index >= 15 is 0 Å². The van der Waals surface area contributed by atoms with Gasteiger partial charge < -0.3 is 10.1 Å². The van der Waals surface area contributed by atoms with E-state index in [1.54, 1.807) is 0 Å². The predicted octanol–water partition coefficient (Wildman–Crippen LogP) is 3.82. The fourth-order valence-electron chi connectivity index (χ4n) is 1.60. The zero-order valence-electron chi connectivity index (χ0n) is 10.4. The minimum atomic E-state index is -3.05.